The molecule has 0 fully saturated rings. The molecule has 1 aromatic heterocycles. The van der Waals surface area contributed by atoms with E-state index in [-0.39, 0.29) is 16.4 Å². The first-order chi connectivity index (χ1) is 9.58. The van der Waals surface area contributed by atoms with Crippen LogP contribution in [0.3, 0.4) is 0 Å². The zero-order valence-electron chi connectivity index (χ0n) is 10.7. The van der Waals surface area contributed by atoms with Crippen molar-refractivity contribution in [3.05, 3.63) is 47.1 Å². The van der Waals surface area contributed by atoms with Gasteiger partial charge >= 0.3 is 0 Å². The number of benzene rings is 1. The van der Waals surface area contributed by atoms with Crippen LogP contribution in [0.5, 0.6) is 0 Å². The lowest BCUT2D eigenvalue weighted by Crippen LogP contribution is -2.14. The average Bonchev–Trinajstić information content (AvgIpc) is 2.38. The van der Waals surface area contributed by atoms with Gasteiger partial charge in [-0.25, -0.2) is 14.4 Å². The van der Waals surface area contributed by atoms with E-state index in [9.17, 15) is 9.18 Å². The topological polar surface area (TPSA) is 66.9 Å². The van der Waals surface area contributed by atoms with E-state index in [2.05, 4.69) is 20.6 Å². The van der Waals surface area contributed by atoms with E-state index in [0.717, 1.165) is 6.07 Å². The van der Waals surface area contributed by atoms with Crippen LogP contribution in [0.15, 0.2) is 30.6 Å². The fourth-order valence-corrected chi connectivity index (χ4v) is 1.76. The van der Waals surface area contributed by atoms with Crippen LogP contribution in [0.25, 0.3) is 0 Å². The first kappa shape index (κ1) is 14.2. The first-order valence-electron chi connectivity index (χ1n) is 5.92. The molecular formula is C13H12ClFN4O. The molecule has 0 aliphatic heterocycles. The maximum atomic E-state index is 13.1. The highest BCUT2D eigenvalue weighted by Gasteiger charge is 2.09. The number of nitrogens with one attached hydrogen (secondary N) is 2. The van der Waals surface area contributed by atoms with E-state index in [0.29, 0.717) is 12.4 Å². The number of carbonyl (C=O) groups is 1. The Bertz CT molecular complexity index is 598. The third kappa shape index (κ3) is 3.64. The van der Waals surface area contributed by atoms with Gasteiger partial charge < -0.3 is 10.6 Å². The predicted octanol–water partition coefficient (Wildman–Crippen LogP) is 2.95. The van der Waals surface area contributed by atoms with E-state index in [1.165, 1.54) is 24.5 Å². The summed E-state index contributed by atoms with van der Waals surface area (Å²) >= 11 is 5.71. The molecule has 104 valence electrons. The Balaban J connectivity index is 2.11. The summed E-state index contributed by atoms with van der Waals surface area (Å²) in [4.78, 5) is 19.9. The molecule has 5 nitrogen and oxygen atoms in total. The van der Waals surface area contributed by atoms with Crippen LogP contribution < -0.4 is 10.6 Å². The van der Waals surface area contributed by atoms with E-state index >= 15 is 0 Å². The predicted molar refractivity (Wildman–Crippen MR) is 75.6 cm³/mol. The zero-order chi connectivity index (χ0) is 14.5. The van der Waals surface area contributed by atoms with Gasteiger partial charge in [0.25, 0.3) is 5.91 Å². The van der Waals surface area contributed by atoms with Crippen molar-refractivity contribution in [2.24, 2.45) is 0 Å². The van der Waals surface area contributed by atoms with Crippen LogP contribution in [-0.4, -0.2) is 22.4 Å². The van der Waals surface area contributed by atoms with Crippen LogP contribution in [0.1, 0.15) is 17.4 Å². The number of nitrogens with zero attached hydrogens (tertiary/aromatic N) is 2. The summed E-state index contributed by atoms with van der Waals surface area (Å²) in [6.07, 6.45) is 2.80. The van der Waals surface area contributed by atoms with Gasteiger partial charge in [0.05, 0.1) is 12.4 Å². The smallest absolute Gasteiger partial charge is 0.275 e. The molecule has 7 heteroatoms. The van der Waals surface area contributed by atoms with Gasteiger partial charge in [-0.05, 0) is 25.1 Å². The summed E-state index contributed by atoms with van der Waals surface area (Å²) in [5, 5.41) is 5.67. The third-order valence-corrected chi connectivity index (χ3v) is 2.58. The summed E-state index contributed by atoms with van der Waals surface area (Å²) in [5.74, 6) is -0.429. The standard InChI is InChI=1S/C13H12ClFN4O/c1-2-16-12-7-17-11(6-18-12)13(20)19-10-4-8(14)3-9(15)5-10/h3-7H,2H2,1H3,(H,16,18)(H,19,20). The molecule has 0 radical (unpaired) electrons. The van der Waals surface area contributed by atoms with Crippen LogP contribution in [0, 0.1) is 5.82 Å². The molecule has 0 saturated carbocycles. The quantitative estimate of drug-likeness (QED) is 0.910. The second kappa shape index (κ2) is 6.29. The monoisotopic (exact) mass is 294 g/mol. The fourth-order valence-electron chi connectivity index (χ4n) is 1.54. The molecule has 1 aromatic carbocycles. The molecule has 0 saturated heterocycles. The van der Waals surface area contributed by atoms with Gasteiger partial charge in [-0.1, -0.05) is 11.6 Å². The highest BCUT2D eigenvalue weighted by atomic mass is 35.5. The number of hydrogen-bond acceptors (Lipinski definition) is 4. The Hall–Kier alpha value is -2.21. The third-order valence-electron chi connectivity index (χ3n) is 2.36. The van der Waals surface area contributed by atoms with Gasteiger partial charge in [0.15, 0.2) is 0 Å². The molecule has 0 atom stereocenters. The van der Waals surface area contributed by atoms with E-state index < -0.39 is 11.7 Å². The lowest BCUT2D eigenvalue weighted by Gasteiger charge is -2.06. The van der Waals surface area contributed by atoms with Crippen LogP contribution >= 0.6 is 11.6 Å². The Labute approximate surface area is 120 Å². The fraction of sp³-hybridized carbons (Fsp3) is 0.154. The molecule has 20 heavy (non-hydrogen) atoms. The van der Waals surface area contributed by atoms with Gasteiger partial charge in [0, 0.05) is 17.3 Å². The second-order valence-electron chi connectivity index (χ2n) is 3.93. The molecule has 1 amide bonds. The van der Waals surface area contributed by atoms with Crippen molar-refractivity contribution < 1.29 is 9.18 Å². The summed E-state index contributed by atoms with van der Waals surface area (Å²) < 4.78 is 13.1. The van der Waals surface area contributed by atoms with Crippen molar-refractivity contribution in [1.29, 1.82) is 0 Å². The summed E-state index contributed by atoms with van der Waals surface area (Å²) in [6, 6.07) is 3.77. The van der Waals surface area contributed by atoms with Crippen molar-refractivity contribution in [3.63, 3.8) is 0 Å². The molecule has 0 spiro atoms. The largest absolute Gasteiger partial charge is 0.369 e. The molecule has 2 aromatic rings. The average molecular weight is 295 g/mol. The molecule has 2 N–H and O–H groups in total. The molecule has 0 aliphatic rings. The molecule has 0 aliphatic carbocycles. The van der Waals surface area contributed by atoms with Crippen molar-refractivity contribution in [2.75, 3.05) is 17.2 Å². The van der Waals surface area contributed by atoms with Gasteiger partial charge in [-0.2, -0.15) is 0 Å². The van der Waals surface area contributed by atoms with E-state index in [1.807, 2.05) is 6.92 Å². The van der Waals surface area contributed by atoms with E-state index in [1.54, 1.807) is 0 Å². The zero-order valence-corrected chi connectivity index (χ0v) is 11.4. The first-order valence-corrected chi connectivity index (χ1v) is 6.29. The minimum atomic E-state index is -0.527. The number of carbonyl (C=O) groups excluding carboxylic acids is 1. The number of halogens is 2. The van der Waals surface area contributed by atoms with E-state index in [4.69, 9.17) is 11.6 Å². The van der Waals surface area contributed by atoms with Crippen LogP contribution in [0.4, 0.5) is 15.9 Å². The number of anilines is 2. The van der Waals surface area contributed by atoms with Crippen LogP contribution in [0.2, 0.25) is 5.02 Å². The maximum absolute atomic E-state index is 13.1. The molecule has 0 unspecified atom stereocenters. The Morgan fingerprint density at radius 1 is 1.30 bits per heavy atom. The summed E-state index contributed by atoms with van der Waals surface area (Å²) in [6.45, 7) is 2.64. The minimum absolute atomic E-state index is 0.132. The molecule has 2 rings (SSSR count). The second-order valence-corrected chi connectivity index (χ2v) is 4.37. The molecular weight excluding hydrogens is 283 g/mol. The van der Waals surface area contributed by atoms with Crippen molar-refractivity contribution >= 4 is 29.0 Å². The van der Waals surface area contributed by atoms with Gasteiger partial charge in [0.1, 0.15) is 17.3 Å². The molecule has 1 heterocycles. The SMILES string of the molecule is CCNc1cnc(C(=O)Nc2cc(F)cc(Cl)c2)cn1. The lowest BCUT2D eigenvalue weighted by atomic mass is 10.3. The van der Waals surface area contributed by atoms with Gasteiger partial charge in [-0.15, -0.1) is 0 Å². The number of amides is 1. The number of rotatable bonds is 4. The Kier molecular flexibility index (Phi) is 4.47. The normalized spacial score (nSPS) is 10.2. The maximum Gasteiger partial charge on any atom is 0.275 e. The van der Waals surface area contributed by atoms with Gasteiger partial charge in [-0.3, -0.25) is 4.79 Å². The van der Waals surface area contributed by atoms with Crippen molar-refractivity contribution in [1.82, 2.24) is 9.97 Å². The highest BCUT2D eigenvalue weighted by Crippen LogP contribution is 2.18. The van der Waals surface area contributed by atoms with Gasteiger partial charge in [0.2, 0.25) is 0 Å². The highest BCUT2D eigenvalue weighted by molar-refractivity contribution is 6.31. The number of aromatic nitrogens is 2. The van der Waals surface area contributed by atoms with Crippen molar-refractivity contribution in [3.8, 4) is 0 Å². The Morgan fingerprint density at radius 3 is 2.70 bits per heavy atom. The van der Waals surface area contributed by atoms with Crippen LogP contribution in [-0.2, 0) is 0 Å². The molecule has 0 bridgehead atoms. The Morgan fingerprint density at radius 2 is 2.10 bits per heavy atom. The van der Waals surface area contributed by atoms with Crippen molar-refractivity contribution in [2.45, 2.75) is 6.92 Å². The summed E-state index contributed by atoms with van der Waals surface area (Å²) in [5.41, 5.74) is 0.393. The lowest BCUT2D eigenvalue weighted by molar-refractivity contribution is 0.102. The number of hydrogen-bond donors (Lipinski definition) is 2. The summed E-state index contributed by atoms with van der Waals surface area (Å²) in [7, 11) is 0. The minimum Gasteiger partial charge on any atom is -0.369 e.